The van der Waals surface area contributed by atoms with Crippen LogP contribution in [0.25, 0.3) is 0 Å². The number of hydrogen-bond donors (Lipinski definition) is 0. The number of hydrogen-bond acceptors (Lipinski definition) is 4. The third kappa shape index (κ3) is 6.32. The van der Waals surface area contributed by atoms with Crippen molar-refractivity contribution in [3.05, 3.63) is 0 Å². The van der Waals surface area contributed by atoms with Crippen LogP contribution in [0.5, 0.6) is 0 Å². The molecule has 0 fully saturated rings. The molecular formula is C12H20O4. The summed E-state index contributed by atoms with van der Waals surface area (Å²) in [6.45, 7) is 5.02. The predicted molar refractivity (Wildman–Crippen MR) is 60.0 cm³/mol. The maximum atomic E-state index is 11.1. The largest absolute Gasteiger partial charge is 0.466 e. The number of esters is 1. The van der Waals surface area contributed by atoms with Crippen molar-refractivity contribution >= 4 is 17.5 Å². The van der Waals surface area contributed by atoms with Gasteiger partial charge in [0.2, 0.25) is 0 Å². The van der Waals surface area contributed by atoms with E-state index in [1.54, 1.807) is 0 Å². The third-order valence-corrected chi connectivity index (χ3v) is 2.34. The maximum absolute atomic E-state index is 11.1. The summed E-state index contributed by atoms with van der Waals surface area (Å²) >= 11 is 0. The zero-order chi connectivity index (χ0) is 12.6. The average molecular weight is 228 g/mol. The molecule has 0 aliphatic rings. The van der Waals surface area contributed by atoms with Crippen molar-refractivity contribution in [2.75, 3.05) is 6.61 Å². The van der Waals surface area contributed by atoms with Crippen molar-refractivity contribution in [1.82, 2.24) is 0 Å². The van der Waals surface area contributed by atoms with Gasteiger partial charge in [-0.1, -0.05) is 6.92 Å². The number of rotatable bonds is 8. The van der Waals surface area contributed by atoms with Crippen molar-refractivity contribution in [2.45, 2.75) is 46.5 Å². The molecule has 92 valence electrons. The smallest absolute Gasteiger partial charge is 0.305 e. The fourth-order valence-electron chi connectivity index (χ4n) is 1.44. The van der Waals surface area contributed by atoms with E-state index in [0.717, 1.165) is 6.42 Å². The van der Waals surface area contributed by atoms with Crippen LogP contribution in [0.3, 0.4) is 0 Å². The first-order valence-corrected chi connectivity index (χ1v) is 5.65. The van der Waals surface area contributed by atoms with E-state index in [1.807, 2.05) is 6.92 Å². The molecule has 0 spiro atoms. The highest BCUT2D eigenvalue weighted by atomic mass is 16.5. The minimum absolute atomic E-state index is 0.118. The number of carbonyl (C=O) groups excluding carboxylic acids is 3. The number of ketones is 2. The Labute approximate surface area is 96.4 Å². The van der Waals surface area contributed by atoms with Gasteiger partial charge in [0.15, 0.2) is 0 Å². The number of Topliss-reactive ketones (excluding diaryl/α,β-unsaturated/α-hetero) is 2. The molecule has 4 heteroatoms. The van der Waals surface area contributed by atoms with Gasteiger partial charge in [-0.15, -0.1) is 0 Å². The van der Waals surface area contributed by atoms with Crippen LogP contribution in [0.4, 0.5) is 0 Å². The zero-order valence-electron chi connectivity index (χ0n) is 10.2. The van der Waals surface area contributed by atoms with Gasteiger partial charge in [-0.05, 0) is 33.1 Å². The molecule has 0 aromatic carbocycles. The summed E-state index contributed by atoms with van der Waals surface area (Å²) in [5.41, 5.74) is 0. The molecule has 0 N–H and O–H groups in total. The lowest BCUT2D eigenvalue weighted by atomic mass is 9.95. The van der Waals surface area contributed by atoms with E-state index in [4.69, 9.17) is 4.74 Å². The van der Waals surface area contributed by atoms with E-state index in [-0.39, 0.29) is 24.1 Å². The van der Waals surface area contributed by atoms with Gasteiger partial charge in [0.05, 0.1) is 12.5 Å². The van der Waals surface area contributed by atoms with Crippen molar-refractivity contribution in [3.63, 3.8) is 0 Å². The molecule has 0 radical (unpaired) electrons. The van der Waals surface area contributed by atoms with Crippen LogP contribution in [-0.2, 0) is 19.1 Å². The van der Waals surface area contributed by atoms with E-state index in [2.05, 4.69) is 0 Å². The van der Waals surface area contributed by atoms with Crippen LogP contribution in [0.1, 0.15) is 46.5 Å². The summed E-state index contributed by atoms with van der Waals surface area (Å²) < 4.78 is 4.93. The Kier molecular flexibility index (Phi) is 7.42. The first-order valence-electron chi connectivity index (χ1n) is 5.65. The number of ether oxygens (including phenoxy) is 1. The molecule has 0 atom stereocenters. The molecule has 0 unspecified atom stereocenters. The number of carbonyl (C=O) groups is 3. The average Bonchev–Trinajstić information content (AvgIpc) is 2.16. The van der Waals surface area contributed by atoms with Crippen molar-refractivity contribution in [2.24, 2.45) is 5.92 Å². The van der Waals surface area contributed by atoms with Gasteiger partial charge in [0.25, 0.3) is 0 Å². The van der Waals surface area contributed by atoms with Gasteiger partial charge in [-0.3, -0.25) is 14.4 Å². The second-order valence-corrected chi connectivity index (χ2v) is 3.89. The normalized spacial score (nSPS) is 10.2. The van der Waals surface area contributed by atoms with Crippen molar-refractivity contribution in [1.29, 1.82) is 0 Å². The Hall–Kier alpha value is -1.19. The topological polar surface area (TPSA) is 60.4 Å². The summed E-state index contributed by atoms with van der Waals surface area (Å²) in [4.78, 5) is 33.2. The third-order valence-electron chi connectivity index (χ3n) is 2.34. The fraction of sp³-hybridized carbons (Fsp3) is 0.750. The lowest BCUT2D eigenvalue weighted by Gasteiger charge is -2.09. The summed E-state index contributed by atoms with van der Waals surface area (Å²) in [7, 11) is 0. The lowest BCUT2D eigenvalue weighted by molar-refractivity contribution is -0.143. The van der Waals surface area contributed by atoms with Crippen molar-refractivity contribution < 1.29 is 19.1 Å². The molecule has 0 aliphatic carbocycles. The zero-order valence-corrected chi connectivity index (χ0v) is 10.2. The Morgan fingerprint density at radius 3 is 2.12 bits per heavy atom. The quantitative estimate of drug-likeness (QED) is 0.361. The van der Waals surface area contributed by atoms with E-state index < -0.39 is 5.92 Å². The summed E-state index contributed by atoms with van der Waals surface area (Å²) in [6.07, 6.45) is 2.20. The highest BCUT2D eigenvalue weighted by molar-refractivity contribution is 6.00. The molecule has 0 amide bonds. The van der Waals surface area contributed by atoms with Gasteiger partial charge in [-0.25, -0.2) is 0 Å². The molecule has 0 aromatic rings. The molecule has 0 saturated carbocycles. The van der Waals surface area contributed by atoms with Gasteiger partial charge in [0.1, 0.15) is 11.6 Å². The molecule has 16 heavy (non-hydrogen) atoms. The molecular weight excluding hydrogens is 208 g/mol. The van der Waals surface area contributed by atoms with Crippen molar-refractivity contribution in [3.8, 4) is 0 Å². The highest BCUT2D eigenvalue weighted by Gasteiger charge is 2.18. The Morgan fingerprint density at radius 1 is 1.12 bits per heavy atom. The maximum Gasteiger partial charge on any atom is 0.305 e. The summed E-state index contributed by atoms with van der Waals surface area (Å²) in [5.74, 6) is -0.991. The van der Waals surface area contributed by atoms with Crippen LogP contribution < -0.4 is 0 Å². The Bertz CT molecular complexity index is 244. The van der Waals surface area contributed by atoms with E-state index in [1.165, 1.54) is 13.8 Å². The molecule has 4 nitrogen and oxygen atoms in total. The van der Waals surface area contributed by atoms with Gasteiger partial charge >= 0.3 is 5.97 Å². The van der Waals surface area contributed by atoms with E-state index >= 15 is 0 Å². The first kappa shape index (κ1) is 14.8. The monoisotopic (exact) mass is 228 g/mol. The van der Waals surface area contributed by atoms with E-state index in [9.17, 15) is 14.4 Å². The minimum Gasteiger partial charge on any atom is -0.466 e. The molecule has 0 rings (SSSR count). The highest BCUT2D eigenvalue weighted by Crippen LogP contribution is 2.09. The van der Waals surface area contributed by atoms with E-state index in [0.29, 0.717) is 19.3 Å². The second kappa shape index (κ2) is 8.02. The predicted octanol–water partition coefficient (Wildman–Crippen LogP) is 1.90. The lowest BCUT2D eigenvalue weighted by Crippen LogP contribution is -2.20. The first-order chi connectivity index (χ1) is 7.49. The fourth-order valence-corrected chi connectivity index (χ4v) is 1.44. The molecule has 0 aromatic heterocycles. The minimum atomic E-state index is -0.537. The van der Waals surface area contributed by atoms with Crippen LogP contribution >= 0.6 is 0 Å². The molecule has 0 saturated heterocycles. The van der Waals surface area contributed by atoms with Crippen LogP contribution in [-0.4, -0.2) is 24.1 Å². The van der Waals surface area contributed by atoms with Gasteiger partial charge < -0.3 is 4.74 Å². The summed E-state index contributed by atoms with van der Waals surface area (Å²) in [5, 5.41) is 0. The standard InChI is InChI=1S/C12H20O4/c1-4-6-12(15)16-8-5-7-11(9(2)13)10(3)14/h11H,4-8H2,1-3H3. The van der Waals surface area contributed by atoms with Crippen LogP contribution in [0, 0.1) is 5.92 Å². The molecule has 0 bridgehead atoms. The Balaban J connectivity index is 3.75. The van der Waals surface area contributed by atoms with Crippen LogP contribution in [0.2, 0.25) is 0 Å². The second-order valence-electron chi connectivity index (χ2n) is 3.89. The summed E-state index contributed by atoms with van der Waals surface area (Å²) in [6, 6.07) is 0. The molecule has 0 heterocycles. The Morgan fingerprint density at radius 2 is 1.69 bits per heavy atom. The molecule has 0 aliphatic heterocycles. The van der Waals surface area contributed by atoms with Gasteiger partial charge in [0, 0.05) is 6.42 Å². The van der Waals surface area contributed by atoms with Gasteiger partial charge in [-0.2, -0.15) is 0 Å². The van der Waals surface area contributed by atoms with Crippen LogP contribution in [0.15, 0.2) is 0 Å². The SMILES string of the molecule is CCCC(=O)OCCCC(C(C)=O)C(C)=O.